The van der Waals surface area contributed by atoms with Crippen LogP contribution in [-0.2, 0) is 16.1 Å². The number of ether oxygens (including phenoxy) is 1. The maximum atomic E-state index is 12.3. The zero-order valence-corrected chi connectivity index (χ0v) is 12.6. The molecule has 1 aliphatic carbocycles. The molecule has 7 nitrogen and oxygen atoms in total. The molecule has 0 unspecified atom stereocenters. The summed E-state index contributed by atoms with van der Waals surface area (Å²) in [7, 11) is 1.65. The van der Waals surface area contributed by atoms with Gasteiger partial charge in [-0.25, -0.2) is 4.98 Å². The van der Waals surface area contributed by atoms with E-state index in [-0.39, 0.29) is 24.0 Å². The summed E-state index contributed by atoms with van der Waals surface area (Å²) in [5, 5.41) is 11.0. The highest BCUT2D eigenvalue weighted by molar-refractivity contribution is 5.81. The number of methoxy groups -OCH3 is 1. The normalized spacial score (nSPS) is 25.3. The van der Waals surface area contributed by atoms with Gasteiger partial charge in [-0.2, -0.15) is 5.10 Å². The first-order valence-corrected chi connectivity index (χ1v) is 7.53. The summed E-state index contributed by atoms with van der Waals surface area (Å²) in [6.45, 7) is 0.418. The van der Waals surface area contributed by atoms with E-state index in [1.807, 2.05) is 12.1 Å². The van der Waals surface area contributed by atoms with Gasteiger partial charge in [-0.3, -0.25) is 9.89 Å². The van der Waals surface area contributed by atoms with Crippen molar-refractivity contribution >= 4 is 16.9 Å². The van der Waals surface area contributed by atoms with Crippen LogP contribution in [0.4, 0.5) is 0 Å². The molecular formula is C15H21N5O2. The number of hydrogen-bond donors (Lipinski definition) is 3. The maximum absolute atomic E-state index is 12.3. The highest BCUT2D eigenvalue weighted by Crippen LogP contribution is 2.25. The minimum absolute atomic E-state index is 0.0247. The smallest absolute Gasteiger partial charge is 0.223 e. The van der Waals surface area contributed by atoms with Gasteiger partial charge in [-0.15, -0.1) is 0 Å². The number of hydrogen-bond acceptors (Lipinski definition) is 5. The van der Waals surface area contributed by atoms with Crippen LogP contribution in [-0.4, -0.2) is 40.3 Å². The van der Waals surface area contributed by atoms with E-state index in [0.717, 1.165) is 23.9 Å². The third-order valence-corrected chi connectivity index (χ3v) is 4.36. The molecule has 3 atom stereocenters. The second kappa shape index (κ2) is 6.41. The van der Waals surface area contributed by atoms with Gasteiger partial charge in [0.2, 0.25) is 5.91 Å². The largest absolute Gasteiger partial charge is 0.380 e. The summed E-state index contributed by atoms with van der Waals surface area (Å²) >= 11 is 0. The van der Waals surface area contributed by atoms with E-state index in [1.165, 1.54) is 0 Å². The molecule has 0 saturated heterocycles. The van der Waals surface area contributed by atoms with E-state index in [2.05, 4.69) is 20.5 Å². The second-order valence-electron chi connectivity index (χ2n) is 5.74. The van der Waals surface area contributed by atoms with E-state index in [1.54, 1.807) is 13.3 Å². The SMILES string of the molecule is CO[C@@H]1C[C@@H](C(=O)NCc2[nH]nc3ncccc23)CC[C@H]1N. The van der Waals surface area contributed by atoms with Crippen molar-refractivity contribution in [2.45, 2.75) is 38.0 Å². The fraction of sp³-hybridized carbons (Fsp3) is 0.533. The van der Waals surface area contributed by atoms with Crippen molar-refractivity contribution in [1.82, 2.24) is 20.5 Å². The molecule has 1 aliphatic rings. The minimum Gasteiger partial charge on any atom is -0.380 e. The summed E-state index contributed by atoms with van der Waals surface area (Å²) in [4.78, 5) is 16.5. The van der Waals surface area contributed by atoms with Crippen LogP contribution in [0, 0.1) is 5.92 Å². The van der Waals surface area contributed by atoms with Crippen LogP contribution in [0.15, 0.2) is 18.3 Å². The first kappa shape index (κ1) is 14.9. The topological polar surface area (TPSA) is 106 Å². The Bertz CT molecular complexity index is 656. The molecule has 118 valence electrons. The van der Waals surface area contributed by atoms with E-state index < -0.39 is 0 Å². The van der Waals surface area contributed by atoms with E-state index in [4.69, 9.17) is 10.5 Å². The number of amides is 1. The fourth-order valence-electron chi connectivity index (χ4n) is 3.02. The summed E-state index contributed by atoms with van der Waals surface area (Å²) in [6, 6.07) is 3.82. The average molecular weight is 303 g/mol. The molecule has 2 heterocycles. The molecule has 2 aromatic rings. The van der Waals surface area contributed by atoms with Crippen LogP contribution in [0.1, 0.15) is 25.0 Å². The van der Waals surface area contributed by atoms with Crippen molar-refractivity contribution in [3.05, 3.63) is 24.0 Å². The lowest BCUT2D eigenvalue weighted by atomic mass is 9.83. The number of aromatic amines is 1. The molecule has 0 radical (unpaired) electrons. The lowest BCUT2D eigenvalue weighted by Crippen LogP contribution is -2.45. The first-order valence-electron chi connectivity index (χ1n) is 7.53. The third kappa shape index (κ3) is 2.95. The monoisotopic (exact) mass is 303 g/mol. The van der Waals surface area contributed by atoms with Crippen molar-refractivity contribution in [3.63, 3.8) is 0 Å². The van der Waals surface area contributed by atoms with Gasteiger partial charge in [0, 0.05) is 30.7 Å². The number of rotatable bonds is 4. The van der Waals surface area contributed by atoms with Crippen molar-refractivity contribution < 1.29 is 9.53 Å². The second-order valence-corrected chi connectivity index (χ2v) is 5.74. The van der Waals surface area contributed by atoms with Gasteiger partial charge in [0.25, 0.3) is 0 Å². The minimum atomic E-state index is -0.0444. The molecule has 1 amide bonds. The molecule has 0 aliphatic heterocycles. The number of aromatic nitrogens is 3. The number of carbonyl (C=O) groups excluding carboxylic acids is 1. The maximum Gasteiger partial charge on any atom is 0.223 e. The van der Waals surface area contributed by atoms with Crippen LogP contribution >= 0.6 is 0 Å². The van der Waals surface area contributed by atoms with Crippen LogP contribution in [0.25, 0.3) is 11.0 Å². The molecule has 0 bridgehead atoms. The van der Waals surface area contributed by atoms with Crippen molar-refractivity contribution in [1.29, 1.82) is 0 Å². The summed E-state index contributed by atoms with van der Waals surface area (Å²) in [5.41, 5.74) is 7.52. The fourth-order valence-corrected chi connectivity index (χ4v) is 3.02. The highest BCUT2D eigenvalue weighted by atomic mass is 16.5. The summed E-state index contributed by atoms with van der Waals surface area (Å²) in [5.74, 6) is -0.00218. The zero-order chi connectivity index (χ0) is 15.5. The Labute approximate surface area is 128 Å². The molecule has 22 heavy (non-hydrogen) atoms. The molecular weight excluding hydrogens is 282 g/mol. The Morgan fingerprint density at radius 1 is 1.55 bits per heavy atom. The lowest BCUT2D eigenvalue weighted by molar-refractivity contribution is -0.128. The van der Waals surface area contributed by atoms with Gasteiger partial charge in [-0.1, -0.05) is 0 Å². The number of nitrogens with one attached hydrogen (secondary N) is 2. The molecule has 1 fully saturated rings. The third-order valence-electron chi connectivity index (χ3n) is 4.36. The predicted molar refractivity (Wildman–Crippen MR) is 81.8 cm³/mol. The quantitative estimate of drug-likeness (QED) is 0.771. The number of carbonyl (C=O) groups is 1. The molecule has 7 heteroatoms. The van der Waals surface area contributed by atoms with Crippen LogP contribution in [0.3, 0.4) is 0 Å². The molecule has 3 rings (SSSR count). The summed E-state index contributed by atoms with van der Waals surface area (Å²) in [6.07, 6.45) is 3.95. The van der Waals surface area contributed by atoms with E-state index >= 15 is 0 Å². The van der Waals surface area contributed by atoms with Gasteiger partial charge in [0.05, 0.1) is 18.3 Å². The number of nitrogens with two attached hydrogens (primary N) is 1. The van der Waals surface area contributed by atoms with Crippen molar-refractivity contribution in [2.75, 3.05) is 7.11 Å². The number of H-pyrrole nitrogens is 1. The Morgan fingerprint density at radius 3 is 3.23 bits per heavy atom. The average Bonchev–Trinajstić information content (AvgIpc) is 2.96. The number of nitrogens with zero attached hydrogens (tertiary/aromatic N) is 2. The van der Waals surface area contributed by atoms with Crippen molar-refractivity contribution in [2.24, 2.45) is 11.7 Å². The van der Waals surface area contributed by atoms with Crippen LogP contribution in [0.2, 0.25) is 0 Å². The van der Waals surface area contributed by atoms with Gasteiger partial charge in [-0.05, 0) is 31.4 Å². The molecule has 0 aromatic carbocycles. The Hall–Kier alpha value is -1.99. The van der Waals surface area contributed by atoms with Gasteiger partial charge < -0.3 is 15.8 Å². The highest BCUT2D eigenvalue weighted by Gasteiger charge is 2.32. The van der Waals surface area contributed by atoms with E-state index in [9.17, 15) is 4.79 Å². The predicted octanol–water partition coefficient (Wildman–Crippen LogP) is 0.716. The summed E-state index contributed by atoms with van der Waals surface area (Å²) < 4.78 is 5.36. The Balaban J connectivity index is 1.60. The van der Waals surface area contributed by atoms with Gasteiger partial charge in [0.15, 0.2) is 5.65 Å². The molecule has 0 spiro atoms. The van der Waals surface area contributed by atoms with Crippen LogP contribution in [0.5, 0.6) is 0 Å². The van der Waals surface area contributed by atoms with Gasteiger partial charge >= 0.3 is 0 Å². The number of pyridine rings is 1. The first-order chi connectivity index (χ1) is 10.7. The van der Waals surface area contributed by atoms with Gasteiger partial charge in [0.1, 0.15) is 0 Å². The molecule has 2 aromatic heterocycles. The Morgan fingerprint density at radius 2 is 2.41 bits per heavy atom. The lowest BCUT2D eigenvalue weighted by Gasteiger charge is -2.32. The standard InChI is InChI=1S/C15H21N5O2/c1-22-13-7-9(4-5-11(13)16)15(21)18-8-12-10-3-2-6-17-14(10)20-19-12/h2-3,6,9,11,13H,4-5,7-8,16H2,1H3,(H,18,21)(H,17,19,20)/t9-,11+,13+/m0/s1. The Kier molecular flexibility index (Phi) is 4.35. The number of fused-ring (bicyclic) bond motifs is 1. The van der Waals surface area contributed by atoms with Crippen LogP contribution < -0.4 is 11.1 Å². The molecule has 1 saturated carbocycles. The van der Waals surface area contributed by atoms with E-state index in [0.29, 0.717) is 18.6 Å². The molecule has 4 N–H and O–H groups in total. The zero-order valence-electron chi connectivity index (χ0n) is 12.6. The van der Waals surface area contributed by atoms with Crippen molar-refractivity contribution in [3.8, 4) is 0 Å².